The molecule has 0 fully saturated rings. The molecule has 2 heterocycles. The fraction of sp³-hybridized carbons (Fsp3) is 0.127. The molecule has 0 bridgehead atoms. The normalized spacial score (nSPS) is 11.6. The fourth-order valence-corrected chi connectivity index (χ4v) is 8.18. The van der Waals surface area contributed by atoms with Crippen LogP contribution in [-0.2, 0) is 5.41 Å². The van der Waals surface area contributed by atoms with Crippen molar-refractivity contribution in [2.75, 3.05) is 0 Å². The number of hydrogen-bond acceptors (Lipinski definition) is 3. The van der Waals surface area contributed by atoms with Crippen LogP contribution in [0, 0.1) is 20.8 Å². The van der Waals surface area contributed by atoms with E-state index in [4.69, 9.17) is 9.97 Å². The van der Waals surface area contributed by atoms with Crippen molar-refractivity contribution in [2.45, 2.75) is 47.0 Å². The number of fused-ring (bicyclic) bond motifs is 1. The number of pyridine rings is 1. The first-order valence-electron chi connectivity index (χ1n) is 20.3. The van der Waals surface area contributed by atoms with Gasteiger partial charge < -0.3 is 5.11 Å². The molecule has 4 heteroatoms. The molecule has 9 rings (SSSR count). The first kappa shape index (κ1) is 37.5. The summed E-state index contributed by atoms with van der Waals surface area (Å²) < 4.78 is 2.25. The second kappa shape index (κ2) is 15.0. The second-order valence-corrected chi connectivity index (χ2v) is 16.7. The first-order valence-corrected chi connectivity index (χ1v) is 20.3. The summed E-state index contributed by atoms with van der Waals surface area (Å²) in [6.07, 6.45) is 1.90. The number of aryl methyl sites for hydroxylation is 3. The van der Waals surface area contributed by atoms with Crippen molar-refractivity contribution >= 4 is 11.0 Å². The van der Waals surface area contributed by atoms with Gasteiger partial charge in [0.15, 0.2) is 0 Å². The van der Waals surface area contributed by atoms with Crippen LogP contribution in [0.25, 0.3) is 83.9 Å². The van der Waals surface area contributed by atoms with Crippen LogP contribution in [-0.4, -0.2) is 19.6 Å². The molecule has 1 N–H and O–H groups in total. The van der Waals surface area contributed by atoms with Crippen molar-refractivity contribution < 1.29 is 5.11 Å². The molecule has 0 saturated carbocycles. The molecular weight excluding hydrogens is 719 g/mol. The maximum atomic E-state index is 11.8. The monoisotopic (exact) mass is 765 g/mol. The van der Waals surface area contributed by atoms with Crippen molar-refractivity contribution in [2.24, 2.45) is 0 Å². The third-order valence-corrected chi connectivity index (χ3v) is 11.4. The van der Waals surface area contributed by atoms with Crippen LogP contribution in [0.5, 0.6) is 5.75 Å². The zero-order valence-electron chi connectivity index (χ0n) is 34.5. The van der Waals surface area contributed by atoms with E-state index in [1.807, 2.05) is 25.3 Å². The Balaban J connectivity index is 1.32. The maximum absolute atomic E-state index is 11.8. The minimum absolute atomic E-state index is 0.0586. The summed E-state index contributed by atoms with van der Waals surface area (Å²) in [5.74, 6) is 0.915. The summed E-state index contributed by atoms with van der Waals surface area (Å²) >= 11 is 0. The van der Waals surface area contributed by atoms with Crippen LogP contribution in [0.4, 0.5) is 0 Å². The Labute approximate surface area is 347 Å². The molecule has 0 aliphatic carbocycles. The number of hydrogen-bond donors (Lipinski definition) is 1. The van der Waals surface area contributed by atoms with Crippen LogP contribution in [0.15, 0.2) is 170 Å². The predicted octanol–water partition coefficient (Wildman–Crippen LogP) is 14.4. The number of aromatic hydroxyl groups is 1. The maximum Gasteiger partial charge on any atom is 0.149 e. The summed E-state index contributed by atoms with van der Waals surface area (Å²) in [7, 11) is 0. The Morgan fingerprint density at radius 1 is 0.492 bits per heavy atom. The molecule has 0 amide bonds. The van der Waals surface area contributed by atoms with Crippen molar-refractivity contribution in [1.82, 2.24) is 14.5 Å². The topological polar surface area (TPSA) is 50.9 Å². The van der Waals surface area contributed by atoms with Crippen LogP contribution in [0.2, 0.25) is 0 Å². The molecule has 0 atom stereocenters. The zero-order valence-corrected chi connectivity index (χ0v) is 34.5. The van der Waals surface area contributed by atoms with E-state index in [2.05, 4.69) is 191 Å². The number of phenols is 1. The standard InChI is InChI=1S/C55H47N3O/c1-35-20-22-39(23-21-35)41-26-27-56-49(33-41)44-31-42(38-14-9-7-10-15-38)30-43(32-44)46-18-13-19-51-52(46)57-54(48-29-36(2)28-37(3)53(48)59)58(51)50-25-24-45(55(4,5)6)34-47(50)40-16-11-8-12-17-40/h7-34,59H,1-6H3. The largest absolute Gasteiger partial charge is 0.507 e. The van der Waals surface area contributed by atoms with Gasteiger partial charge in [-0.3, -0.25) is 9.55 Å². The zero-order chi connectivity index (χ0) is 40.8. The highest BCUT2D eigenvalue weighted by molar-refractivity contribution is 5.98. The Morgan fingerprint density at radius 2 is 1.17 bits per heavy atom. The lowest BCUT2D eigenvalue weighted by Gasteiger charge is -2.23. The van der Waals surface area contributed by atoms with E-state index in [1.54, 1.807) is 0 Å². The SMILES string of the molecule is Cc1ccc(-c2ccnc(-c3cc(-c4ccccc4)cc(-c4cccc5c4nc(-c4cc(C)cc(C)c4O)n5-c4ccc(C(C)(C)C)cc4-c4ccccc4)c3)c2)cc1. The van der Waals surface area contributed by atoms with Gasteiger partial charge in [0.1, 0.15) is 11.6 Å². The van der Waals surface area contributed by atoms with Gasteiger partial charge in [-0.2, -0.15) is 0 Å². The number of para-hydroxylation sites is 1. The van der Waals surface area contributed by atoms with Gasteiger partial charge in [0.05, 0.1) is 28.0 Å². The molecule has 288 valence electrons. The molecule has 0 saturated heterocycles. The first-order chi connectivity index (χ1) is 28.5. The number of rotatable bonds is 7. The fourth-order valence-electron chi connectivity index (χ4n) is 8.18. The van der Waals surface area contributed by atoms with Crippen molar-refractivity contribution in [3.63, 3.8) is 0 Å². The molecule has 0 spiro atoms. The van der Waals surface area contributed by atoms with Gasteiger partial charge in [0, 0.05) is 22.9 Å². The minimum atomic E-state index is -0.0586. The van der Waals surface area contributed by atoms with E-state index >= 15 is 0 Å². The summed E-state index contributed by atoms with van der Waals surface area (Å²) in [6, 6.07) is 58.0. The van der Waals surface area contributed by atoms with Crippen molar-refractivity contribution in [3.05, 3.63) is 192 Å². The number of nitrogens with zero attached hydrogens (tertiary/aromatic N) is 3. The number of imidazole rings is 1. The molecule has 59 heavy (non-hydrogen) atoms. The van der Waals surface area contributed by atoms with Gasteiger partial charge in [-0.15, -0.1) is 0 Å². The molecule has 0 aliphatic rings. The summed E-state index contributed by atoms with van der Waals surface area (Å²) in [6.45, 7) is 12.9. The third kappa shape index (κ3) is 7.23. The Hall–Kier alpha value is -7.04. The Morgan fingerprint density at radius 3 is 1.90 bits per heavy atom. The van der Waals surface area contributed by atoms with Gasteiger partial charge in [-0.1, -0.05) is 136 Å². The lowest BCUT2D eigenvalue weighted by molar-refractivity contribution is 0.472. The quantitative estimate of drug-likeness (QED) is 0.176. The highest BCUT2D eigenvalue weighted by atomic mass is 16.3. The van der Waals surface area contributed by atoms with Crippen molar-refractivity contribution in [3.8, 4) is 78.6 Å². The molecule has 7 aromatic carbocycles. The average molecular weight is 766 g/mol. The van der Waals surface area contributed by atoms with Gasteiger partial charge >= 0.3 is 0 Å². The molecule has 2 aromatic heterocycles. The van der Waals surface area contributed by atoms with E-state index in [9.17, 15) is 5.11 Å². The molecule has 0 aliphatic heterocycles. The van der Waals surface area contributed by atoms with E-state index < -0.39 is 0 Å². The molecular formula is C55H47N3O. The molecule has 0 unspecified atom stereocenters. The highest BCUT2D eigenvalue weighted by Gasteiger charge is 2.25. The van der Waals surface area contributed by atoms with Gasteiger partial charge in [-0.25, -0.2) is 4.98 Å². The van der Waals surface area contributed by atoms with Crippen LogP contribution < -0.4 is 0 Å². The van der Waals surface area contributed by atoms with Gasteiger partial charge in [0.2, 0.25) is 0 Å². The van der Waals surface area contributed by atoms with E-state index in [1.165, 1.54) is 11.1 Å². The van der Waals surface area contributed by atoms with Crippen molar-refractivity contribution in [1.29, 1.82) is 0 Å². The average Bonchev–Trinajstić information content (AvgIpc) is 3.64. The predicted molar refractivity (Wildman–Crippen MR) is 246 cm³/mol. The molecule has 4 nitrogen and oxygen atoms in total. The van der Waals surface area contributed by atoms with Crippen LogP contribution in [0.3, 0.4) is 0 Å². The third-order valence-electron chi connectivity index (χ3n) is 11.4. The number of phenolic OH excluding ortho intramolecular Hbond substituents is 1. The smallest absolute Gasteiger partial charge is 0.149 e. The van der Waals surface area contributed by atoms with E-state index in [0.717, 1.165) is 83.6 Å². The molecule has 9 aromatic rings. The van der Waals surface area contributed by atoms with Gasteiger partial charge in [0.25, 0.3) is 0 Å². The van der Waals surface area contributed by atoms with E-state index in [0.29, 0.717) is 11.4 Å². The minimum Gasteiger partial charge on any atom is -0.507 e. The lowest BCUT2D eigenvalue weighted by atomic mass is 9.85. The number of benzene rings is 7. The van der Waals surface area contributed by atoms with Crippen LogP contribution in [0.1, 0.15) is 43.0 Å². The summed E-state index contributed by atoms with van der Waals surface area (Å²) in [5.41, 5.74) is 18.4. The number of aromatic nitrogens is 3. The Bertz CT molecular complexity index is 2990. The van der Waals surface area contributed by atoms with Crippen LogP contribution >= 0.6 is 0 Å². The highest BCUT2D eigenvalue weighted by Crippen LogP contribution is 2.43. The lowest BCUT2D eigenvalue weighted by Crippen LogP contribution is -2.12. The van der Waals surface area contributed by atoms with E-state index in [-0.39, 0.29) is 11.2 Å². The molecule has 0 radical (unpaired) electrons. The summed E-state index contributed by atoms with van der Waals surface area (Å²) in [5, 5.41) is 11.8. The summed E-state index contributed by atoms with van der Waals surface area (Å²) in [4.78, 5) is 10.5. The second-order valence-electron chi connectivity index (χ2n) is 16.7. The Kier molecular flexibility index (Phi) is 9.57. The van der Waals surface area contributed by atoms with Gasteiger partial charge in [-0.05, 0) is 131 Å².